The number of thiol groups is 1. The number of benzene rings is 2. The van der Waals surface area contributed by atoms with E-state index in [0.29, 0.717) is 0 Å². The van der Waals surface area contributed by atoms with E-state index in [1.807, 2.05) is 0 Å². The number of nitrogens with two attached hydrogens (primary N) is 2. The van der Waals surface area contributed by atoms with E-state index in [2.05, 4.69) is 49.8 Å². The van der Waals surface area contributed by atoms with Crippen LogP contribution in [0.15, 0.2) is 18.2 Å². The molecule has 0 fully saturated rings. The molecule has 30 nitrogen and oxygen atoms in total. The summed E-state index contributed by atoms with van der Waals surface area (Å²) in [5.74, 6) is -13.9. The molecule has 2 aliphatic rings. The van der Waals surface area contributed by atoms with Gasteiger partial charge in [-0.25, -0.2) is 0 Å². The molecule has 0 aromatic heterocycles. The number of aliphatic carboxylic acids is 1. The van der Waals surface area contributed by atoms with Crippen LogP contribution in [-0.4, -0.2) is 195 Å². The second kappa shape index (κ2) is 30.7. The lowest BCUT2D eigenvalue weighted by atomic mass is 9.72. The number of nitrogens with one attached hydrogen (secondary N) is 7. The highest BCUT2D eigenvalue weighted by Gasteiger charge is 2.50. The van der Waals surface area contributed by atoms with Crippen molar-refractivity contribution in [3.63, 3.8) is 0 Å². The highest BCUT2D eigenvalue weighted by atomic mass is 32.1. The zero-order valence-corrected chi connectivity index (χ0v) is 47.8. The van der Waals surface area contributed by atoms with Crippen molar-refractivity contribution in [2.24, 2.45) is 17.4 Å². The Morgan fingerprint density at radius 1 is 0.774 bits per heavy atom. The molecule has 0 saturated heterocycles. The molecular formula is C53H73N9O21S. The van der Waals surface area contributed by atoms with Crippen molar-refractivity contribution in [2.75, 3.05) is 39.2 Å². The van der Waals surface area contributed by atoms with Crippen LogP contribution in [0.3, 0.4) is 0 Å². The van der Waals surface area contributed by atoms with Gasteiger partial charge < -0.3 is 93.5 Å². The fourth-order valence-corrected chi connectivity index (χ4v) is 9.53. The molecule has 84 heavy (non-hydrogen) atoms. The van der Waals surface area contributed by atoms with Crippen molar-refractivity contribution in [3.8, 4) is 17.2 Å². The maximum atomic E-state index is 14.1. The van der Waals surface area contributed by atoms with Crippen LogP contribution in [0.5, 0.6) is 17.2 Å². The molecule has 17 N–H and O–H groups in total. The Morgan fingerprint density at radius 3 is 1.95 bits per heavy atom. The Bertz CT molecular complexity index is 2870. The Kier molecular flexibility index (Phi) is 25.1. The number of rotatable bonds is 32. The van der Waals surface area contributed by atoms with Crippen LogP contribution in [0.25, 0.3) is 0 Å². The summed E-state index contributed by atoms with van der Waals surface area (Å²) < 4.78 is 17.4. The fraction of sp³-hybridized carbons (Fsp3) is 0.547. The Hall–Kier alpha value is -7.81. The lowest BCUT2D eigenvalue weighted by Gasteiger charge is -2.40. The van der Waals surface area contributed by atoms with E-state index in [-0.39, 0.29) is 65.5 Å². The summed E-state index contributed by atoms with van der Waals surface area (Å²) in [7, 11) is 1.25. The standard InChI is InChI=1S/C53H73N9O21S/c1-7-82-38(83-33-17-53(80,34(65)20-64)16-27-40(33)46(73)42-41(44(27)71)43(70)26-9-8-10-32(81-6)39(26)45(42)72)14-25(19-63)59-51(78)29(13-22(2)3)62-52(79)30(15-35(55)66)61-48(75)24(5)57-47(74)23(4)58-49(76)28(54)11-12-36(67)60-31(21-84)50(77)56-18-37(68)69/h8-10,22-25,28-31,33,38,63-64,71,73,80,84H,7,11-21,54H2,1-6H3,(H2,55,66)(H,56,77)(H,57,74)(H,58,76)(H,59,78)(H,60,67)(H,61,75)(H,62,79)(H,68,69)/t23?,24?,25?,28?,29?,30?,31?,33-,38+,53-/m0/s1. The van der Waals surface area contributed by atoms with E-state index in [9.17, 15) is 83.1 Å². The van der Waals surface area contributed by atoms with Crippen LogP contribution >= 0.6 is 12.6 Å². The number of aliphatic hydroxyl groups is 3. The van der Waals surface area contributed by atoms with Crippen LogP contribution in [0.2, 0.25) is 0 Å². The molecule has 10 atom stereocenters. The molecule has 2 aromatic rings. The quantitative estimate of drug-likeness (QED) is 0.0161. The number of fused-ring (bicyclic) bond motifs is 3. The smallest absolute Gasteiger partial charge is 0.322 e. The molecule has 7 unspecified atom stereocenters. The van der Waals surface area contributed by atoms with Gasteiger partial charge in [0.15, 0.2) is 17.9 Å². The molecule has 0 saturated carbocycles. The number of ether oxygens (including phenoxy) is 3. The molecule has 0 heterocycles. The topological polar surface area (TPSA) is 490 Å². The van der Waals surface area contributed by atoms with Gasteiger partial charge in [0.1, 0.15) is 66.2 Å². The molecule has 0 spiro atoms. The first-order valence-electron chi connectivity index (χ1n) is 26.5. The molecule has 2 aromatic carbocycles. The van der Waals surface area contributed by atoms with Crippen molar-refractivity contribution in [1.82, 2.24) is 37.2 Å². The largest absolute Gasteiger partial charge is 0.507 e. The minimum absolute atomic E-state index is 0.0195. The summed E-state index contributed by atoms with van der Waals surface area (Å²) in [6.07, 6.45) is -6.58. The van der Waals surface area contributed by atoms with Crippen LogP contribution < -0.4 is 53.4 Å². The third-order valence-corrected chi connectivity index (χ3v) is 14.0. The first-order valence-corrected chi connectivity index (χ1v) is 27.2. The third-order valence-electron chi connectivity index (χ3n) is 13.6. The van der Waals surface area contributed by atoms with Crippen LogP contribution in [-0.2, 0) is 63.8 Å². The number of aliphatic hydroxyl groups excluding tert-OH is 2. The fourth-order valence-electron chi connectivity index (χ4n) is 9.28. The van der Waals surface area contributed by atoms with Gasteiger partial charge in [-0.2, -0.15) is 12.6 Å². The third kappa shape index (κ3) is 17.4. The molecule has 8 amide bonds. The van der Waals surface area contributed by atoms with E-state index >= 15 is 0 Å². The number of aromatic hydroxyl groups is 2. The van der Waals surface area contributed by atoms with Gasteiger partial charge in [-0.3, -0.25) is 57.5 Å². The highest BCUT2D eigenvalue weighted by molar-refractivity contribution is 7.80. The minimum Gasteiger partial charge on any atom is -0.507 e. The number of carbonyl (C=O) groups is 12. The number of hydrogen-bond acceptors (Lipinski definition) is 22. The van der Waals surface area contributed by atoms with Gasteiger partial charge in [-0.15, -0.1) is 0 Å². The number of carboxylic acid groups (broad SMARTS) is 1. The number of phenols is 2. The van der Waals surface area contributed by atoms with Crippen molar-refractivity contribution < 1.29 is 102 Å². The van der Waals surface area contributed by atoms with Gasteiger partial charge in [0.2, 0.25) is 53.0 Å². The predicted molar refractivity (Wildman–Crippen MR) is 294 cm³/mol. The number of ketones is 3. The number of phenolic OH excluding ortho intramolecular Hbond substituents is 2. The monoisotopic (exact) mass is 1200 g/mol. The number of carbonyl (C=O) groups excluding carboxylic acids is 11. The highest BCUT2D eigenvalue weighted by Crippen LogP contribution is 2.52. The van der Waals surface area contributed by atoms with Crippen LogP contribution in [0.4, 0.5) is 0 Å². The van der Waals surface area contributed by atoms with E-state index in [1.165, 1.54) is 39.2 Å². The van der Waals surface area contributed by atoms with Gasteiger partial charge in [0.05, 0.1) is 55.0 Å². The van der Waals surface area contributed by atoms with Gasteiger partial charge in [0.25, 0.3) is 0 Å². The van der Waals surface area contributed by atoms with Crippen LogP contribution in [0, 0.1) is 5.92 Å². The molecular weight excluding hydrogens is 1130 g/mol. The van der Waals surface area contributed by atoms with Crippen molar-refractivity contribution in [3.05, 3.63) is 51.6 Å². The summed E-state index contributed by atoms with van der Waals surface area (Å²) in [4.78, 5) is 156. The van der Waals surface area contributed by atoms with Crippen molar-refractivity contribution >= 4 is 83.2 Å². The summed E-state index contributed by atoms with van der Waals surface area (Å²) >= 11 is 3.97. The average Bonchev–Trinajstić information content (AvgIpc) is 0.892. The van der Waals surface area contributed by atoms with Crippen molar-refractivity contribution in [2.45, 2.75) is 140 Å². The summed E-state index contributed by atoms with van der Waals surface area (Å²) in [6.45, 7) is 4.58. The number of methoxy groups -OCH3 is 1. The molecule has 31 heteroatoms. The second-order valence-corrected chi connectivity index (χ2v) is 20.8. The van der Waals surface area contributed by atoms with Gasteiger partial charge in [0, 0.05) is 54.7 Å². The van der Waals surface area contributed by atoms with E-state index < -0.39 is 199 Å². The average molecular weight is 1200 g/mol. The zero-order chi connectivity index (χ0) is 63.1. The number of amides is 8. The molecule has 2 aliphatic carbocycles. The zero-order valence-electron chi connectivity index (χ0n) is 46.9. The first-order chi connectivity index (χ1) is 39.5. The summed E-state index contributed by atoms with van der Waals surface area (Å²) in [6, 6.07) is -5.63. The van der Waals surface area contributed by atoms with Crippen molar-refractivity contribution in [1.29, 1.82) is 0 Å². The second-order valence-electron chi connectivity index (χ2n) is 20.4. The minimum atomic E-state index is -2.50. The molecule has 4 rings (SSSR count). The Balaban J connectivity index is 1.46. The number of hydrogen-bond donors (Lipinski definition) is 16. The van der Waals surface area contributed by atoms with Gasteiger partial charge in [-0.1, -0.05) is 26.0 Å². The van der Waals surface area contributed by atoms with E-state index in [4.69, 9.17) is 30.8 Å². The SMILES string of the molecule is CCO[C@@H](CC(CO)NC(=O)C(CC(C)C)NC(=O)C(CC(N)=O)NC(=O)C(C)NC(=O)C(C)NC(=O)C(N)CCC(=O)NC(CS)C(=O)NCC(=O)O)O[C@H]1C[C@](O)(C(=O)CO)Cc2c(O)c3c(c(O)c21)C(=O)c1c(OC)cccc1C3=O. The lowest BCUT2D eigenvalue weighted by molar-refractivity contribution is -0.194. The maximum Gasteiger partial charge on any atom is 0.322 e. The van der Waals surface area contributed by atoms with Gasteiger partial charge >= 0.3 is 5.97 Å². The number of carboxylic acids is 1. The molecule has 0 radical (unpaired) electrons. The Labute approximate surface area is 486 Å². The summed E-state index contributed by atoms with van der Waals surface area (Å²) in [5, 5.41) is 81.2. The van der Waals surface area contributed by atoms with Crippen LogP contribution in [0.1, 0.15) is 122 Å². The van der Waals surface area contributed by atoms with E-state index in [1.54, 1.807) is 20.8 Å². The molecule has 0 bridgehead atoms. The molecule has 462 valence electrons. The predicted octanol–water partition coefficient (Wildman–Crippen LogP) is -3.97. The Morgan fingerprint density at radius 2 is 1.38 bits per heavy atom. The van der Waals surface area contributed by atoms with E-state index in [0.717, 1.165) is 0 Å². The first kappa shape index (κ1) is 68.7. The molecule has 0 aliphatic heterocycles. The normalized spacial score (nSPS) is 18.1. The van der Waals surface area contributed by atoms with Gasteiger partial charge in [-0.05, 0) is 45.6 Å². The lowest BCUT2D eigenvalue weighted by Crippen LogP contribution is -2.59. The number of primary amides is 1. The number of Topliss-reactive ketones (excluding diaryl/α,β-unsaturated/α-hetero) is 1. The summed E-state index contributed by atoms with van der Waals surface area (Å²) in [5.41, 5.74) is 6.52. The maximum absolute atomic E-state index is 14.1.